The van der Waals surface area contributed by atoms with Gasteiger partial charge in [0.05, 0.1) is 5.01 Å². The molecular weight excluding hydrogens is 242 g/mol. The van der Waals surface area contributed by atoms with Crippen LogP contribution in [0, 0.1) is 6.92 Å². The Balaban J connectivity index is 1.94. The van der Waals surface area contributed by atoms with Gasteiger partial charge in [-0.15, -0.1) is 11.3 Å². The summed E-state index contributed by atoms with van der Waals surface area (Å²) in [6.07, 6.45) is 8.16. The highest BCUT2D eigenvalue weighted by atomic mass is 32.1. The second kappa shape index (κ2) is 6.64. The van der Waals surface area contributed by atoms with Crippen molar-refractivity contribution in [2.45, 2.75) is 64.6 Å². The van der Waals surface area contributed by atoms with E-state index in [2.05, 4.69) is 23.7 Å². The van der Waals surface area contributed by atoms with Crippen LogP contribution in [0.25, 0.3) is 0 Å². The first-order valence-corrected chi connectivity index (χ1v) is 7.91. The van der Waals surface area contributed by atoms with Crippen molar-refractivity contribution in [3.8, 4) is 0 Å². The molecular formula is C14H25N3S. The molecule has 1 aliphatic carbocycles. The second-order valence-corrected chi connectivity index (χ2v) is 6.70. The molecule has 0 saturated heterocycles. The molecule has 0 spiro atoms. The van der Waals surface area contributed by atoms with Crippen molar-refractivity contribution < 1.29 is 0 Å². The molecule has 2 N–H and O–H groups in total. The van der Waals surface area contributed by atoms with E-state index >= 15 is 0 Å². The third-order valence-corrected chi connectivity index (χ3v) is 4.69. The monoisotopic (exact) mass is 267 g/mol. The van der Waals surface area contributed by atoms with Gasteiger partial charge in [0.2, 0.25) is 0 Å². The van der Waals surface area contributed by atoms with Crippen LogP contribution in [0.2, 0.25) is 0 Å². The van der Waals surface area contributed by atoms with Crippen molar-refractivity contribution in [1.29, 1.82) is 0 Å². The molecule has 3 nitrogen and oxygen atoms in total. The van der Waals surface area contributed by atoms with Gasteiger partial charge in [-0.05, 0) is 45.6 Å². The zero-order valence-corrected chi connectivity index (χ0v) is 12.4. The first kappa shape index (κ1) is 14.0. The minimum absolute atomic E-state index is 0.440. The van der Waals surface area contributed by atoms with Gasteiger partial charge in [-0.3, -0.25) is 4.90 Å². The number of nitrogens with zero attached hydrogens (tertiary/aromatic N) is 2. The van der Waals surface area contributed by atoms with Crippen molar-refractivity contribution in [3.63, 3.8) is 0 Å². The lowest BCUT2D eigenvalue weighted by molar-refractivity contribution is 0.143. The van der Waals surface area contributed by atoms with Gasteiger partial charge >= 0.3 is 0 Å². The Kier molecular flexibility index (Phi) is 5.15. The molecule has 0 aliphatic heterocycles. The van der Waals surface area contributed by atoms with Crippen LogP contribution < -0.4 is 5.73 Å². The number of aromatic nitrogens is 1. The van der Waals surface area contributed by atoms with E-state index in [1.807, 2.05) is 17.5 Å². The highest BCUT2D eigenvalue weighted by Gasteiger charge is 2.24. The second-order valence-electron chi connectivity index (χ2n) is 5.38. The van der Waals surface area contributed by atoms with Gasteiger partial charge in [0.25, 0.3) is 0 Å². The van der Waals surface area contributed by atoms with E-state index in [0.717, 1.165) is 12.6 Å². The van der Waals surface area contributed by atoms with Gasteiger partial charge in [-0.25, -0.2) is 4.98 Å². The van der Waals surface area contributed by atoms with Gasteiger partial charge in [0.15, 0.2) is 0 Å². The smallest absolute Gasteiger partial charge is 0.0897 e. The van der Waals surface area contributed by atoms with Gasteiger partial charge in [0, 0.05) is 29.7 Å². The normalized spacial score (nSPS) is 24.7. The number of thiazole rings is 1. The lowest BCUT2D eigenvalue weighted by Crippen LogP contribution is -2.40. The van der Waals surface area contributed by atoms with Crippen molar-refractivity contribution >= 4 is 11.3 Å². The Hall–Kier alpha value is -0.450. The van der Waals surface area contributed by atoms with Gasteiger partial charge < -0.3 is 5.73 Å². The quantitative estimate of drug-likeness (QED) is 0.892. The van der Waals surface area contributed by atoms with E-state index in [0.29, 0.717) is 6.04 Å². The fourth-order valence-corrected chi connectivity index (χ4v) is 3.64. The zero-order chi connectivity index (χ0) is 13.0. The molecule has 0 radical (unpaired) electrons. The number of rotatable bonds is 5. The number of aryl methyl sites for hydroxylation is 1. The van der Waals surface area contributed by atoms with Crippen LogP contribution in [0.3, 0.4) is 0 Å². The summed E-state index contributed by atoms with van der Waals surface area (Å²) in [5.74, 6) is 0. The lowest BCUT2D eigenvalue weighted by Gasteiger charge is -2.35. The Bertz CT molecular complexity index is 356. The SMILES string of the molecule is CCCN(Cc1cnc(C)s1)C1CCC(N)CC1. The molecule has 4 heteroatoms. The van der Waals surface area contributed by atoms with Crippen LogP contribution in [0.1, 0.15) is 48.9 Å². The van der Waals surface area contributed by atoms with Crippen LogP contribution in [0.15, 0.2) is 6.20 Å². The van der Waals surface area contributed by atoms with E-state index in [4.69, 9.17) is 5.73 Å². The molecule has 1 aliphatic rings. The summed E-state index contributed by atoms with van der Waals surface area (Å²) >= 11 is 1.83. The standard InChI is InChI=1S/C14H25N3S/c1-3-8-17(10-14-9-16-11(2)18-14)13-6-4-12(15)5-7-13/h9,12-13H,3-8,10,15H2,1-2H3. The van der Waals surface area contributed by atoms with Crippen LogP contribution in [0.5, 0.6) is 0 Å². The highest BCUT2D eigenvalue weighted by Crippen LogP contribution is 2.25. The maximum Gasteiger partial charge on any atom is 0.0897 e. The molecule has 1 saturated carbocycles. The first-order chi connectivity index (χ1) is 8.69. The van der Waals surface area contributed by atoms with E-state index < -0.39 is 0 Å². The van der Waals surface area contributed by atoms with Crippen molar-refractivity contribution in [2.24, 2.45) is 5.73 Å². The van der Waals surface area contributed by atoms with Gasteiger partial charge in [-0.2, -0.15) is 0 Å². The summed E-state index contributed by atoms with van der Waals surface area (Å²) < 4.78 is 0. The fourth-order valence-electron chi connectivity index (χ4n) is 2.82. The molecule has 1 fully saturated rings. The average molecular weight is 267 g/mol. The van der Waals surface area contributed by atoms with Gasteiger partial charge in [0.1, 0.15) is 0 Å². The molecule has 0 unspecified atom stereocenters. The molecule has 0 bridgehead atoms. The minimum Gasteiger partial charge on any atom is -0.328 e. The number of hydrogen-bond donors (Lipinski definition) is 1. The molecule has 1 heterocycles. The largest absolute Gasteiger partial charge is 0.328 e. The summed E-state index contributed by atoms with van der Waals surface area (Å²) in [4.78, 5) is 8.40. The van der Waals surface area contributed by atoms with E-state index in [1.54, 1.807) is 0 Å². The fraction of sp³-hybridized carbons (Fsp3) is 0.786. The van der Waals surface area contributed by atoms with Crippen LogP contribution in [-0.2, 0) is 6.54 Å². The van der Waals surface area contributed by atoms with Crippen molar-refractivity contribution in [3.05, 3.63) is 16.1 Å². The van der Waals surface area contributed by atoms with E-state index in [9.17, 15) is 0 Å². The van der Waals surface area contributed by atoms with Gasteiger partial charge in [-0.1, -0.05) is 6.92 Å². The predicted octanol–water partition coefficient (Wildman–Crippen LogP) is 2.93. The van der Waals surface area contributed by atoms with E-state index in [-0.39, 0.29) is 0 Å². The van der Waals surface area contributed by atoms with E-state index in [1.165, 1.54) is 48.5 Å². The molecule has 102 valence electrons. The third kappa shape index (κ3) is 3.77. The predicted molar refractivity (Wildman–Crippen MR) is 77.8 cm³/mol. The van der Waals surface area contributed by atoms with Crippen LogP contribution in [0.4, 0.5) is 0 Å². The third-order valence-electron chi connectivity index (χ3n) is 3.80. The molecule has 18 heavy (non-hydrogen) atoms. The van der Waals surface area contributed by atoms with Crippen LogP contribution >= 0.6 is 11.3 Å². The number of nitrogens with two attached hydrogens (primary N) is 1. The molecule has 0 atom stereocenters. The zero-order valence-electron chi connectivity index (χ0n) is 11.6. The molecule has 0 amide bonds. The summed E-state index contributed by atoms with van der Waals surface area (Å²) in [5, 5.41) is 1.17. The average Bonchev–Trinajstić information content (AvgIpc) is 2.75. The summed E-state index contributed by atoms with van der Waals surface area (Å²) in [5.41, 5.74) is 6.00. The van der Waals surface area contributed by atoms with Crippen molar-refractivity contribution in [2.75, 3.05) is 6.54 Å². The Morgan fingerprint density at radius 1 is 1.39 bits per heavy atom. The van der Waals surface area contributed by atoms with Crippen molar-refractivity contribution in [1.82, 2.24) is 9.88 Å². The molecule has 2 rings (SSSR count). The maximum absolute atomic E-state index is 6.00. The molecule has 1 aromatic rings. The summed E-state index contributed by atoms with van der Waals surface area (Å²) in [7, 11) is 0. The Morgan fingerprint density at radius 3 is 2.67 bits per heavy atom. The van der Waals surface area contributed by atoms with Crippen LogP contribution in [-0.4, -0.2) is 28.5 Å². The highest BCUT2D eigenvalue weighted by molar-refractivity contribution is 7.11. The number of hydrogen-bond acceptors (Lipinski definition) is 4. The maximum atomic E-state index is 6.00. The first-order valence-electron chi connectivity index (χ1n) is 7.10. The lowest BCUT2D eigenvalue weighted by atomic mass is 9.90. The summed E-state index contributed by atoms with van der Waals surface area (Å²) in [6, 6.07) is 1.17. The topological polar surface area (TPSA) is 42.2 Å². The molecule has 0 aromatic carbocycles. The Labute approximate surface area is 114 Å². The summed E-state index contributed by atoms with van der Waals surface area (Å²) in [6.45, 7) is 6.60. The minimum atomic E-state index is 0.440. The Morgan fingerprint density at radius 2 is 2.11 bits per heavy atom. The molecule has 1 aromatic heterocycles.